The molecule has 0 radical (unpaired) electrons. The first-order valence-corrected chi connectivity index (χ1v) is 7.87. The van der Waals surface area contributed by atoms with Crippen molar-refractivity contribution < 1.29 is 24.2 Å². The lowest BCUT2D eigenvalue weighted by Crippen LogP contribution is -2.38. The topological polar surface area (TPSA) is 76.8 Å². The lowest BCUT2D eigenvalue weighted by Gasteiger charge is -2.25. The summed E-state index contributed by atoms with van der Waals surface area (Å²) in [5.74, 6) is 0.547. The molecule has 2 N–H and O–H groups in total. The lowest BCUT2D eigenvalue weighted by atomic mass is 10.3. The fraction of sp³-hybridized carbons (Fsp3) is 0.588. The van der Waals surface area contributed by atoms with E-state index in [1.165, 1.54) is 0 Å². The molecular weight excluding hydrogens is 296 g/mol. The second-order valence-electron chi connectivity index (χ2n) is 6.43. The number of benzene rings is 1. The van der Waals surface area contributed by atoms with Crippen LogP contribution in [0.3, 0.4) is 0 Å². The summed E-state index contributed by atoms with van der Waals surface area (Å²) in [4.78, 5) is 4.08. The van der Waals surface area contributed by atoms with Crippen LogP contribution in [0.25, 0.3) is 0 Å². The highest BCUT2D eigenvalue weighted by Gasteiger charge is 2.09. The summed E-state index contributed by atoms with van der Waals surface area (Å²) in [6.07, 6.45) is 0.0242. The van der Waals surface area contributed by atoms with Crippen LogP contribution >= 0.6 is 0 Å². The Morgan fingerprint density at radius 2 is 1.87 bits per heavy atom. The molecule has 0 saturated heterocycles. The fourth-order valence-electron chi connectivity index (χ4n) is 1.75. The highest BCUT2D eigenvalue weighted by Crippen LogP contribution is 2.18. The van der Waals surface area contributed by atoms with Gasteiger partial charge in [0.2, 0.25) is 6.10 Å². The average Bonchev–Trinajstić information content (AvgIpc) is 2.49. The number of aliphatic imine (C=N–C) groups is 1. The highest BCUT2D eigenvalue weighted by atomic mass is 16.5. The van der Waals surface area contributed by atoms with E-state index in [9.17, 15) is 5.11 Å². The molecule has 1 atom stereocenters. The number of nitrogens with zero attached hydrogens (tertiary/aromatic N) is 2. The summed E-state index contributed by atoms with van der Waals surface area (Å²) in [5.41, 5.74) is 0.625. The van der Waals surface area contributed by atoms with E-state index < -0.39 is 6.10 Å². The molecule has 0 heterocycles. The number of quaternary nitrogens is 1. The first-order chi connectivity index (χ1) is 10.8. The van der Waals surface area contributed by atoms with E-state index in [-0.39, 0.29) is 12.5 Å². The van der Waals surface area contributed by atoms with E-state index in [1.54, 1.807) is 24.3 Å². The van der Waals surface area contributed by atoms with Gasteiger partial charge in [0.25, 0.3) is 0 Å². The molecule has 0 amide bonds. The molecule has 6 heteroatoms. The molecule has 1 rings (SSSR count). The van der Waals surface area contributed by atoms with Crippen LogP contribution < -0.4 is 9.84 Å². The van der Waals surface area contributed by atoms with Gasteiger partial charge in [-0.05, 0) is 37.1 Å². The number of hydrogen-bond donors (Lipinski definition) is 0. The van der Waals surface area contributed by atoms with E-state index in [4.69, 9.17) is 14.6 Å². The largest absolute Gasteiger partial charge is 0.862 e. The molecule has 0 fully saturated rings. The molecule has 23 heavy (non-hydrogen) atoms. The van der Waals surface area contributed by atoms with Gasteiger partial charge in [0, 0.05) is 13.0 Å². The first-order valence-electron chi connectivity index (χ1n) is 7.87. The van der Waals surface area contributed by atoms with E-state index in [0.29, 0.717) is 31.1 Å². The summed E-state index contributed by atoms with van der Waals surface area (Å²) in [5, 5.41) is 19.6. The monoisotopic (exact) mass is 325 g/mol. The van der Waals surface area contributed by atoms with Crippen molar-refractivity contribution in [2.75, 3.05) is 47.5 Å². The Morgan fingerprint density at radius 3 is 2.43 bits per heavy atom. The van der Waals surface area contributed by atoms with Gasteiger partial charge in [-0.25, -0.2) is 0 Å². The molecule has 0 aliphatic rings. The van der Waals surface area contributed by atoms with Crippen LogP contribution in [0.4, 0.5) is 5.69 Å². The molecule has 0 bridgehead atoms. The maximum atomic E-state index is 11.8. The third-order valence-electron chi connectivity index (χ3n) is 3.06. The van der Waals surface area contributed by atoms with E-state index in [2.05, 4.69) is 4.99 Å². The van der Waals surface area contributed by atoms with Gasteiger partial charge >= 0.3 is 0 Å². The van der Waals surface area contributed by atoms with Crippen molar-refractivity contribution in [1.29, 1.82) is 0 Å². The van der Waals surface area contributed by atoms with Crippen LogP contribution in [-0.4, -0.2) is 69.1 Å². The van der Waals surface area contributed by atoms with Gasteiger partial charge in [0.1, 0.15) is 12.4 Å². The predicted octanol–water partition coefficient (Wildman–Crippen LogP) is 0.682. The molecule has 0 unspecified atom stereocenters. The Hall–Kier alpha value is -1.63. The van der Waals surface area contributed by atoms with Gasteiger partial charge in [-0.3, -0.25) is 4.99 Å². The van der Waals surface area contributed by atoms with Crippen molar-refractivity contribution in [2.24, 2.45) is 4.99 Å². The minimum Gasteiger partial charge on any atom is -0.862 e. The zero-order valence-corrected chi connectivity index (χ0v) is 14.5. The highest BCUT2D eigenvalue weighted by molar-refractivity contribution is 5.75. The summed E-state index contributed by atoms with van der Waals surface area (Å²) in [7, 11) is 6.14. The van der Waals surface area contributed by atoms with Crippen LogP contribution in [0.5, 0.6) is 5.75 Å². The third kappa shape index (κ3) is 9.18. The second kappa shape index (κ2) is 9.50. The van der Waals surface area contributed by atoms with E-state index in [1.807, 2.05) is 28.1 Å². The molecule has 0 spiro atoms. The zero-order valence-electron chi connectivity index (χ0n) is 14.5. The summed E-state index contributed by atoms with van der Waals surface area (Å²) < 4.78 is 11.4. The normalized spacial score (nSPS) is 13.9. The summed E-state index contributed by atoms with van der Waals surface area (Å²) >= 11 is 0. The molecule has 1 aromatic carbocycles. The molecule has 0 aliphatic heterocycles. The van der Waals surface area contributed by atoms with Crippen molar-refractivity contribution in [1.82, 2.24) is 0 Å². The van der Waals surface area contributed by atoms with E-state index >= 15 is 0 Å². The van der Waals surface area contributed by atoms with Gasteiger partial charge in [-0.1, -0.05) is 0 Å². The third-order valence-corrected chi connectivity index (χ3v) is 3.06. The van der Waals surface area contributed by atoms with Gasteiger partial charge < -0.3 is 24.2 Å². The summed E-state index contributed by atoms with van der Waals surface area (Å²) in [6.45, 7) is 3.91. The number of hydrogen-bond acceptors (Lipinski definition) is 4. The summed E-state index contributed by atoms with van der Waals surface area (Å²) in [6, 6.07) is 7.03. The zero-order chi connectivity index (χ0) is 17.3. The first kappa shape index (κ1) is 19.4. The van der Waals surface area contributed by atoms with Crippen LogP contribution in [0.15, 0.2) is 29.3 Å². The fourth-order valence-corrected chi connectivity index (χ4v) is 1.75. The van der Waals surface area contributed by atoms with Crippen molar-refractivity contribution in [2.45, 2.75) is 19.4 Å². The second-order valence-corrected chi connectivity index (χ2v) is 6.43. The SMILES string of the molecule is CCOC[C@@H]([OH2+])COc1ccc(N=C([O-])CC[N+](C)(C)C)cc1. The van der Waals surface area contributed by atoms with Crippen LogP contribution in [0, 0.1) is 0 Å². The van der Waals surface area contributed by atoms with Gasteiger partial charge in [0.05, 0.1) is 33.4 Å². The molecule has 0 aliphatic carbocycles. The predicted molar refractivity (Wildman–Crippen MR) is 90.4 cm³/mol. The van der Waals surface area contributed by atoms with Crippen LogP contribution in [0.2, 0.25) is 0 Å². The number of rotatable bonds is 10. The Labute approximate surface area is 138 Å². The maximum Gasteiger partial charge on any atom is 0.212 e. The number of ether oxygens (including phenoxy) is 2. The Bertz CT molecular complexity index is 480. The molecule has 130 valence electrons. The maximum absolute atomic E-state index is 11.8. The van der Waals surface area contributed by atoms with Crippen molar-refractivity contribution >= 4 is 11.6 Å². The molecular formula is C17H29N2O4+. The molecule has 1 aromatic rings. The van der Waals surface area contributed by atoms with Gasteiger partial charge in [0.15, 0.2) is 6.61 Å². The quantitative estimate of drug-likeness (QED) is 0.275. The van der Waals surface area contributed by atoms with Crippen molar-refractivity contribution in [3.8, 4) is 5.75 Å². The minimum atomic E-state index is -0.406. The van der Waals surface area contributed by atoms with Crippen molar-refractivity contribution in [3.05, 3.63) is 24.3 Å². The van der Waals surface area contributed by atoms with Gasteiger partial charge in [-0.15, -0.1) is 0 Å². The Balaban J connectivity index is 2.46. The smallest absolute Gasteiger partial charge is 0.212 e. The lowest BCUT2D eigenvalue weighted by molar-refractivity contribution is -0.869. The average molecular weight is 325 g/mol. The van der Waals surface area contributed by atoms with Crippen LogP contribution in [-0.2, 0) is 4.74 Å². The minimum absolute atomic E-state index is 0.116. The molecule has 0 saturated carbocycles. The Morgan fingerprint density at radius 1 is 1.22 bits per heavy atom. The molecule has 0 aromatic heterocycles. The van der Waals surface area contributed by atoms with Gasteiger partial charge in [-0.2, -0.15) is 0 Å². The Kier molecular flexibility index (Phi) is 8.02. The van der Waals surface area contributed by atoms with Crippen molar-refractivity contribution in [3.63, 3.8) is 0 Å². The van der Waals surface area contributed by atoms with E-state index in [0.717, 1.165) is 11.0 Å². The standard InChI is InChI=1S/C17H28N2O4/c1-5-22-12-15(20)13-23-16-8-6-14(7-9-16)18-17(21)10-11-19(2,3)4/h6-9,15,20H,5,10-13H2,1-4H3/p+1/t15-/m1/s1. The van der Waals surface area contributed by atoms with Crippen LogP contribution in [0.1, 0.15) is 13.3 Å². The molecule has 6 nitrogen and oxygen atoms in total.